The SMILES string of the molecule is c1ccc(-c2nc(-c3ccccc3)nc(-n3c4ccccc4c4ccc5c(sc6ccc7cnccc7c65)c43)n2)cc1. The molecule has 0 spiro atoms. The van der Waals surface area contributed by atoms with Crippen molar-refractivity contribution in [1.82, 2.24) is 24.5 Å². The standard InChI is InChI=1S/C36H21N5S/c1-3-9-22(10-4-1)34-38-35(23-11-5-2-6-12-23)40-36(39-34)41-29-14-8-7-13-26(29)27-16-17-28-31-25-19-20-37-21-24(25)15-18-30(31)42-33(28)32(27)41/h1-21H. The van der Waals surface area contributed by atoms with E-state index in [0.29, 0.717) is 17.6 Å². The number of pyridine rings is 1. The highest BCUT2D eigenvalue weighted by molar-refractivity contribution is 7.26. The summed E-state index contributed by atoms with van der Waals surface area (Å²) in [7, 11) is 0. The molecule has 0 amide bonds. The Morgan fingerprint density at radius 3 is 2.00 bits per heavy atom. The first-order valence-electron chi connectivity index (χ1n) is 13.8. The first-order valence-corrected chi connectivity index (χ1v) is 14.6. The van der Waals surface area contributed by atoms with E-state index >= 15 is 0 Å². The molecule has 0 unspecified atom stereocenters. The number of hydrogen-bond acceptors (Lipinski definition) is 5. The second-order valence-corrected chi connectivity index (χ2v) is 11.4. The van der Waals surface area contributed by atoms with Crippen molar-refractivity contribution < 1.29 is 0 Å². The van der Waals surface area contributed by atoms with Gasteiger partial charge in [-0.3, -0.25) is 9.55 Å². The third-order valence-electron chi connectivity index (χ3n) is 7.94. The van der Waals surface area contributed by atoms with Crippen molar-refractivity contribution in [1.29, 1.82) is 0 Å². The third-order valence-corrected chi connectivity index (χ3v) is 9.12. The van der Waals surface area contributed by atoms with Crippen LogP contribution < -0.4 is 0 Å². The van der Waals surface area contributed by atoms with Crippen molar-refractivity contribution >= 4 is 64.1 Å². The summed E-state index contributed by atoms with van der Waals surface area (Å²) in [6.45, 7) is 0. The van der Waals surface area contributed by atoms with Gasteiger partial charge in [0.2, 0.25) is 5.95 Å². The van der Waals surface area contributed by atoms with Crippen molar-refractivity contribution in [2.75, 3.05) is 0 Å². The lowest BCUT2D eigenvalue weighted by Crippen LogP contribution is -2.06. The lowest BCUT2D eigenvalue weighted by atomic mass is 10.0. The van der Waals surface area contributed by atoms with E-state index in [-0.39, 0.29) is 0 Å². The number of para-hydroxylation sites is 1. The highest BCUT2D eigenvalue weighted by atomic mass is 32.1. The summed E-state index contributed by atoms with van der Waals surface area (Å²) in [5, 5.41) is 7.20. The van der Waals surface area contributed by atoms with Gasteiger partial charge >= 0.3 is 0 Å². The first kappa shape index (κ1) is 23.3. The van der Waals surface area contributed by atoms with Gasteiger partial charge in [-0.2, -0.15) is 9.97 Å². The Kier molecular flexibility index (Phi) is 5.00. The van der Waals surface area contributed by atoms with E-state index in [1.165, 1.54) is 36.3 Å². The maximum atomic E-state index is 5.12. The van der Waals surface area contributed by atoms with Crippen molar-refractivity contribution in [2.45, 2.75) is 0 Å². The Balaban J connectivity index is 1.44. The molecule has 0 atom stereocenters. The van der Waals surface area contributed by atoms with E-state index in [1.54, 1.807) is 0 Å². The zero-order chi connectivity index (χ0) is 27.6. The van der Waals surface area contributed by atoms with Crippen LogP contribution in [-0.2, 0) is 0 Å². The summed E-state index contributed by atoms with van der Waals surface area (Å²) < 4.78 is 4.69. The molecular weight excluding hydrogens is 534 g/mol. The lowest BCUT2D eigenvalue weighted by molar-refractivity contribution is 0.955. The van der Waals surface area contributed by atoms with Gasteiger partial charge in [0.1, 0.15) is 0 Å². The highest BCUT2D eigenvalue weighted by Gasteiger charge is 2.21. The molecule has 0 N–H and O–H groups in total. The van der Waals surface area contributed by atoms with Crippen LogP contribution >= 0.6 is 11.3 Å². The minimum atomic E-state index is 0.605. The van der Waals surface area contributed by atoms with Crippen LogP contribution in [-0.4, -0.2) is 24.5 Å². The van der Waals surface area contributed by atoms with Crippen LogP contribution in [0.15, 0.2) is 128 Å². The summed E-state index contributed by atoms with van der Waals surface area (Å²) in [4.78, 5) is 19.5. The van der Waals surface area contributed by atoms with Crippen LogP contribution in [0.4, 0.5) is 0 Å². The van der Waals surface area contributed by atoms with Gasteiger partial charge in [0.05, 0.1) is 15.7 Å². The highest BCUT2D eigenvalue weighted by Crippen LogP contribution is 2.44. The fraction of sp³-hybridized carbons (Fsp3) is 0. The van der Waals surface area contributed by atoms with E-state index in [4.69, 9.17) is 15.0 Å². The fourth-order valence-electron chi connectivity index (χ4n) is 6.05. The van der Waals surface area contributed by atoms with Gasteiger partial charge in [0.15, 0.2) is 11.6 Å². The molecule has 0 aliphatic carbocycles. The molecule has 9 aromatic rings. The van der Waals surface area contributed by atoms with E-state index in [2.05, 4.69) is 64.1 Å². The molecule has 4 aromatic heterocycles. The van der Waals surface area contributed by atoms with E-state index in [1.807, 2.05) is 84.4 Å². The normalized spacial score (nSPS) is 11.8. The molecule has 196 valence electrons. The fourth-order valence-corrected chi connectivity index (χ4v) is 7.31. The molecule has 0 bridgehead atoms. The second kappa shape index (κ2) is 9.03. The van der Waals surface area contributed by atoms with Crippen LogP contribution in [0.2, 0.25) is 0 Å². The number of nitrogens with zero attached hydrogens (tertiary/aromatic N) is 5. The van der Waals surface area contributed by atoms with Gasteiger partial charge in [0.25, 0.3) is 0 Å². The average Bonchev–Trinajstić information content (AvgIpc) is 3.62. The van der Waals surface area contributed by atoms with Crippen molar-refractivity contribution in [3.8, 4) is 28.7 Å². The maximum absolute atomic E-state index is 5.12. The van der Waals surface area contributed by atoms with Crippen molar-refractivity contribution in [3.05, 3.63) is 128 Å². The van der Waals surface area contributed by atoms with E-state index in [9.17, 15) is 0 Å². The zero-order valence-electron chi connectivity index (χ0n) is 22.3. The number of fused-ring (bicyclic) bond motifs is 9. The maximum Gasteiger partial charge on any atom is 0.238 e. The second-order valence-electron chi connectivity index (χ2n) is 10.3. The average molecular weight is 556 g/mol. The van der Waals surface area contributed by atoms with Crippen molar-refractivity contribution in [3.63, 3.8) is 0 Å². The van der Waals surface area contributed by atoms with Crippen LogP contribution in [0.25, 0.3) is 81.5 Å². The van der Waals surface area contributed by atoms with Gasteiger partial charge in [0, 0.05) is 55.2 Å². The molecule has 0 radical (unpaired) electrons. The number of aromatic nitrogens is 5. The summed E-state index contributed by atoms with van der Waals surface area (Å²) in [5.41, 5.74) is 4.08. The largest absolute Gasteiger partial charge is 0.276 e. The molecule has 0 saturated heterocycles. The van der Waals surface area contributed by atoms with Gasteiger partial charge in [-0.15, -0.1) is 11.3 Å². The minimum absolute atomic E-state index is 0.605. The number of rotatable bonds is 3. The molecule has 0 aliphatic heterocycles. The summed E-state index contributed by atoms with van der Waals surface area (Å²) >= 11 is 1.82. The van der Waals surface area contributed by atoms with E-state index in [0.717, 1.165) is 27.5 Å². The number of benzene rings is 5. The zero-order valence-corrected chi connectivity index (χ0v) is 23.1. The van der Waals surface area contributed by atoms with Crippen LogP contribution in [0.5, 0.6) is 0 Å². The predicted molar refractivity (Wildman–Crippen MR) is 173 cm³/mol. The minimum Gasteiger partial charge on any atom is -0.276 e. The Bertz CT molecular complexity index is 2400. The van der Waals surface area contributed by atoms with Crippen LogP contribution in [0.3, 0.4) is 0 Å². The Labute approximate surface area is 244 Å². The predicted octanol–water partition coefficient (Wildman–Crippen LogP) is 9.22. The van der Waals surface area contributed by atoms with Crippen LogP contribution in [0, 0.1) is 0 Å². The molecule has 4 heterocycles. The Morgan fingerprint density at radius 1 is 0.548 bits per heavy atom. The number of thiophene rings is 1. The molecule has 0 fully saturated rings. The summed E-state index contributed by atoms with van der Waals surface area (Å²) in [5.74, 6) is 1.90. The van der Waals surface area contributed by atoms with Gasteiger partial charge in [-0.1, -0.05) is 97.1 Å². The Hall–Kier alpha value is -5.46. The van der Waals surface area contributed by atoms with Gasteiger partial charge < -0.3 is 0 Å². The molecule has 5 aromatic carbocycles. The monoisotopic (exact) mass is 555 g/mol. The molecule has 0 saturated carbocycles. The molecule has 42 heavy (non-hydrogen) atoms. The van der Waals surface area contributed by atoms with E-state index < -0.39 is 0 Å². The first-order chi connectivity index (χ1) is 20.8. The van der Waals surface area contributed by atoms with Crippen LogP contribution in [0.1, 0.15) is 0 Å². The summed E-state index contributed by atoms with van der Waals surface area (Å²) in [6, 6.07) is 39.8. The van der Waals surface area contributed by atoms with Crippen molar-refractivity contribution in [2.24, 2.45) is 0 Å². The van der Waals surface area contributed by atoms with Gasteiger partial charge in [-0.05, 0) is 23.6 Å². The topological polar surface area (TPSA) is 56.5 Å². The quantitative estimate of drug-likeness (QED) is 0.218. The molecular formula is C36H21N5S. The summed E-state index contributed by atoms with van der Waals surface area (Å²) in [6.07, 6.45) is 3.82. The Morgan fingerprint density at radius 2 is 1.24 bits per heavy atom. The third kappa shape index (κ3) is 3.42. The lowest BCUT2D eigenvalue weighted by Gasteiger charge is -2.11. The number of hydrogen-bond donors (Lipinski definition) is 0. The molecule has 6 heteroatoms. The van der Waals surface area contributed by atoms with Gasteiger partial charge in [-0.25, -0.2) is 4.98 Å². The molecule has 0 aliphatic rings. The molecule has 9 rings (SSSR count). The smallest absolute Gasteiger partial charge is 0.238 e. The molecule has 5 nitrogen and oxygen atoms in total.